The molecule has 1 aromatic carbocycles. The number of benzene rings is 1. The minimum absolute atomic E-state index is 0.0631. The van der Waals surface area contributed by atoms with Crippen LogP contribution in [-0.2, 0) is 0 Å². The Morgan fingerprint density at radius 2 is 2.35 bits per heavy atom. The third kappa shape index (κ3) is 2.14. The third-order valence-corrected chi connectivity index (χ3v) is 3.75. The summed E-state index contributed by atoms with van der Waals surface area (Å²) in [5.74, 6) is -0.710. The number of nitrogens with zero attached hydrogens (tertiary/aromatic N) is 2. The Morgan fingerprint density at radius 3 is 3.15 bits per heavy atom. The molecule has 1 amide bonds. The zero-order chi connectivity index (χ0) is 14.1. The lowest BCUT2D eigenvalue weighted by Gasteiger charge is -2.23. The van der Waals surface area contributed by atoms with Gasteiger partial charge in [0.1, 0.15) is 5.82 Å². The summed E-state index contributed by atoms with van der Waals surface area (Å²) in [6.45, 7) is 0.529. The Kier molecular flexibility index (Phi) is 3.36. The molecule has 5 heteroatoms. The van der Waals surface area contributed by atoms with E-state index in [1.54, 1.807) is 23.2 Å². The summed E-state index contributed by atoms with van der Waals surface area (Å²) in [4.78, 5) is 18.4. The van der Waals surface area contributed by atoms with Gasteiger partial charge in [-0.05, 0) is 31.0 Å². The molecule has 0 bridgehead atoms. The standard InChI is InChI=1S/C15H15FN2O2/c16-11-7-10-3-1-5-17-14(10)13(8-11)15(20)18-6-2-4-12(18)9-19/h1,3,5,7-8,12,19H,2,4,6,9H2. The van der Waals surface area contributed by atoms with Crippen molar-refractivity contribution in [3.05, 3.63) is 41.8 Å². The van der Waals surface area contributed by atoms with Crippen molar-refractivity contribution in [1.29, 1.82) is 0 Å². The van der Waals surface area contributed by atoms with Gasteiger partial charge in [-0.25, -0.2) is 4.39 Å². The Bertz CT molecular complexity index is 659. The number of carbonyl (C=O) groups excluding carboxylic acids is 1. The van der Waals surface area contributed by atoms with E-state index in [1.165, 1.54) is 12.1 Å². The molecule has 104 valence electrons. The minimum atomic E-state index is -0.450. The second kappa shape index (κ2) is 5.17. The average Bonchev–Trinajstić information content (AvgIpc) is 2.94. The number of fused-ring (bicyclic) bond motifs is 1. The number of pyridine rings is 1. The molecule has 0 radical (unpaired) electrons. The van der Waals surface area contributed by atoms with Gasteiger partial charge in [-0.1, -0.05) is 6.07 Å². The minimum Gasteiger partial charge on any atom is -0.394 e. The summed E-state index contributed by atoms with van der Waals surface area (Å²) < 4.78 is 13.7. The molecular formula is C15H15FN2O2. The van der Waals surface area contributed by atoms with E-state index in [-0.39, 0.29) is 24.1 Å². The highest BCUT2D eigenvalue weighted by molar-refractivity contribution is 6.05. The fourth-order valence-electron chi connectivity index (χ4n) is 2.77. The Hall–Kier alpha value is -2.01. The third-order valence-electron chi connectivity index (χ3n) is 3.75. The number of halogens is 1. The molecule has 1 fully saturated rings. The zero-order valence-electron chi connectivity index (χ0n) is 10.9. The molecule has 1 aliphatic rings. The van der Waals surface area contributed by atoms with Crippen molar-refractivity contribution in [1.82, 2.24) is 9.88 Å². The number of amides is 1. The van der Waals surface area contributed by atoms with Crippen LogP contribution in [0.25, 0.3) is 10.9 Å². The van der Waals surface area contributed by atoms with Gasteiger partial charge < -0.3 is 10.0 Å². The van der Waals surface area contributed by atoms with E-state index in [1.807, 2.05) is 0 Å². The van der Waals surface area contributed by atoms with Crippen LogP contribution in [0.2, 0.25) is 0 Å². The van der Waals surface area contributed by atoms with Gasteiger partial charge in [0.05, 0.1) is 23.7 Å². The van der Waals surface area contributed by atoms with Gasteiger partial charge in [0.25, 0.3) is 5.91 Å². The largest absolute Gasteiger partial charge is 0.394 e. The molecule has 1 atom stereocenters. The van der Waals surface area contributed by atoms with Crippen molar-refractivity contribution in [2.75, 3.05) is 13.2 Å². The molecule has 0 saturated carbocycles. The van der Waals surface area contributed by atoms with Crippen molar-refractivity contribution < 1.29 is 14.3 Å². The van der Waals surface area contributed by atoms with E-state index in [2.05, 4.69) is 4.98 Å². The van der Waals surface area contributed by atoms with Crippen LogP contribution in [0, 0.1) is 5.82 Å². The normalized spacial score (nSPS) is 18.7. The van der Waals surface area contributed by atoms with E-state index < -0.39 is 5.82 Å². The molecule has 1 saturated heterocycles. The highest BCUT2D eigenvalue weighted by atomic mass is 19.1. The Balaban J connectivity index is 2.07. The number of aliphatic hydroxyl groups is 1. The Labute approximate surface area is 115 Å². The number of likely N-dealkylation sites (tertiary alicyclic amines) is 1. The van der Waals surface area contributed by atoms with Crippen molar-refractivity contribution >= 4 is 16.8 Å². The van der Waals surface area contributed by atoms with Gasteiger partial charge in [0.2, 0.25) is 0 Å². The Morgan fingerprint density at radius 1 is 1.50 bits per heavy atom. The van der Waals surface area contributed by atoms with Gasteiger partial charge in [0.15, 0.2) is 0 Å². The maximum atomic E-state index is 13.7. The van der Waals surface area contributed by atoms with Gasteiger partial charge in [0, 0.05) is 18.1 Å². The van der Waals surface area contributed by atoms with Crippen molar-refractivity contribution in [2.24, 2.45) is 0 Å². The fraction of sp³-hybridized carbons (Fsp3) is 0.333. The molecule has 1 aromatic heterocycles. The summed E-state index contributed by atoms with van der Waals surface area (Å²) >= 11 is 0. The molecule has 1 N–H and O–H groups in total. The predicted octanol–water partition coefficient (Wildman–Crippen LogP) is 1.97. The first-order valence-corrected chi connectivity index (χ1v) is 6.67. The van der Waals surface area contributed by atoms with Gasteiger partial charge in [-0.3, -0.25) is 9.78 Å². The van der Waals surface area contributed by atoms with E-state index in [0.29, 0.717) is 17.4 Å². The lowest BCUT2D eigenvalue weighted by Crippen LogP contribution is -2.37. The SMILES string of the molecule is O=C(c1cc(F)cc2cccnc12)N1CCCC1CO. The van der Waals surface area contributed by atoms with Crippen LogP contribution in [0.1, 0.15) is 23.2 Å². The van der Waals surface area contributed by atoms with Crippen LogP contribution in [0.5, 0.6) is 0 Å². The number of carbonyl (C=O) groups is 1. The molecule has 3 rings (SSSR count). The topological polar surface area (TPSA) is 53.4 Å². The van der Waals surface area contributed by atoms with Crippen molar-refractivity contribution in [2.45, 2.75) is 18.9 Å². The molecule has 4 nitrogen and oxygen atoms in total. The number of rotatable bonds is 2. The summed E-state index contributed by atoms with van der Waals surface area (Å²) in [5.41, 5.74) is 0.767. The monoisotopic (exact) mass is 274 g/mol. The first-order chi connectivity index (χ1) is 9.70. The molecule has 0 aliphatic carbocycles. The lowest BCUT2D eigenvalue weighted by molar-refractivity contribution is 0.0679. The summed E-state index contributed by atoms with van der Waals surface area (Å²) in [6.07, 6.45) is 3.23. The number of hydrogen-bond donors (Lipinski definition) is 1. The maximum Gasteiger partial charge on any atom is 0.256 e. The summed E-state index contributed by atoms with van der Waals surface area (Å²) in [6, 6.07) is 5.86. The van der Waals surface area contributed by atoms with E-state index in [4.69, 9.17) is 0 Å². The van der Waals surface area contributed by atoms with Crippen LogP contribution >= 0.6 is 0 Å². The predicted molar refractivity (Wildman–Crippen MR) is 72.8 cm³/mol. The van der Waals surface area contributed by atoms with Gasteiger partial charge in [-0.15, -0.1) is 0 Å². The van der Waals surface area contributed by atoms with Crippen LogP contribution in [0.15, 0.2) is 30.5 Å². The summed E-state index contributed by atoms with van der Waals surface area (Å²) in [7, 11) is 0. The first kappa shape index (κ1) is 13.0. The molecule has 2 aromatic rings. The van der Waals surface area contributed by atoms with Crippen molar-refractivity contribution in [3.63, 3.8) is 0 Å². The molecule has 20 heavy (non-hydrogen) atoms. The smallest absolute Gasteiger partial charge is 0.256 e. The molecular weight excluding hydrogens is 259 g/mol. The quantitative estimate of drug-likeness (QED) is 0.911. The second-order valence-electron chi connectivity index (χ2n) is 5.01. The van der Waals surface area contributed by atoms with Gasteiger partial charge >= 0.3 is 0 Å². The number of hydrogen-bond acceptors (Lipinski definition) is 3. The first-order valence-electron chi connectivity index (χ1n) is 6.67. The highest BCUT2D eigenvalue weighted by Gasteiger charge is 2.30. The van der Waals surface area contributed by atoms with E-state index >= 15 is 0 Å². The molecule has 1 unspecified atom stereocenters. The highest BCUT2D eigenvalue weighted by Crippen LogP contribution is 2.24. The van der Waals surface area contributed by atoms with E-state index in [9.17, 15) is 14.3 Å². The van der Waals surface area contributed by atoms with Crippen LogP contribution in [-0.4, -0.2) is 40.1 Å². The molecule has 1 aliphatic heterocycles. The number of aromatic nitrogens is 1. The van der Waals surface area contributed by atoms with Crippen molar-refractivity contribution in [3.8, 4) is 0 Å². The van der Waals surface area contributed by atoms with Crippen LogP contribution in [0.4, 0.5) is 4.39 Å². The summed E-state index contributed by atoms with van der Waals surface area (Å²) in [5, 5.41) is 9.92. The zero-order valence-corrected chi connectivity index (χ0v) is 10.9. The van der Waals surface area contributed by atoms with Crippen LogP contribution in [0.3, 0.4) is 0 Å². The second-order valence-corrected chi connectivity index (χ2v) is 5.01. The average molecular weight is 274 g/mol. The van der Waals surface area contributed by atoms with Crippen LogP contribution < -0.4 is 0 Å². The maximum absolute atomic E-state index is 13.7. The lowest BCUT2D eigenvalue weighted by atomic mass is 10.1. The van der Waals surface area contributed by atoms with E-state index in [0.717, 1.165) is 12.8 Å². The molecule has 0 spiro atoms. The molecule has 2 heterocycles. The van der Waals surface area contributed by atoms with Gasteiger partial charge in [-0.2, -0.15) is 0 Å². The fourth-order valence-corrected chi connectivity index (χ4v) is 2.77. The number of aliphatic hydroxyl groups excluding tert-OH is 1.